The summed E-state index contributed by atoms with van der Waals surface area (Å²) in [6.07, 6.45) is 0. The van der Waals surface area contributed by atoms with Crippen LogP contribution in [0.5, 0.6) is 5.75 Å². The van der Waals surface area contributed by atoms with E-state index in [0.717, 1.165) is 6.07 Å². The number of ether oxygens (including phenoxy) is 1. The second-order valence-corrected chi connectivity index (χ2v) is 7.40. The fourth-order valence-electron chi connectivity index (χ4n) is 2.29. The van der Waals surface area contributed by atoms with E-state index in [9.17, 15) is 18.5 Å². The van der Waals surface area contributed by atoms with Crippen LogP contribution < -0.4 is 9.64 Å². The van der Waals surface area contributed by atoms with Crippen molar-refractivity contribution in [2.75, 3.05) is 26.1 Å². The number of hydrogen-bond donors (Lipinski definition) is 0. The lowest BCUT2D eigenvalue weighted by Gasteiger charge is -2.13. The monoisotopic (exact) mass is 350 g/mol. The molecule has 0 aliphatic heterocycles. The molecule has 0 heterocycles. The standard InChI is InChI=1S/C16H18N2O5S/c1-17(2)15-8-7-14(10-16(15)18(19)20)24(21,22)11-12-5-4-6-13(9-12)23-3/h4-10H,11H2,1-3H3. The molecule has 2 rings (SSSR count). The Balaban J connectivity index is 2.42. The maximum Gasteiger partial charge on any atom is 0.293 e. The summed E-state index contributed by atoms with van der Waals surface area (Å²) in [5, 5.41) is 11.2. The molecule has 0 unspecified atom stereocenters. The molecule has 0 fully saturated rings. The van der Waals surface area contributed by atoms with Crippen molar-refractivity contribution >= 4 is 21.2 Å². The van der Waals surface area contributed by atoms with E-state index in [-0.39, 0.29) is 16.3 Å². The summed E-state index contributed by atoms with van der Waals surface area (Å²) in [5.74, 6) is 0.291. The van der Waals surface area contributed by atoms with Gasteiger partial charge in [-0.05, 0) is 29.8 Å². The van der Waals surface area contributed by atoms with Gasteiger partial charge in [0.1, 0.15) is 11.4 Å². The van der Waals surface area contributed by atoms with Gasteiger partial charge in [0.25, 0.3) is 5.69 Å². The smallest absolute Gasteiger partial charge is 0.293 e. The van der Waals surface area contributed by atoms with Gasteiger partial charge in [0.15, 0.2) is 9.84 Å². The number of rotatable bonds is 6. The first-order chi connectivity index (χ1) is 11.2. The minimum Gasteiger partial charge on any atom is -0.497 e. The first-order valence-corrected chi connectivity index (χ1v) is 8.71. The van der Waals surface area contributed by atoms with Crippen LogP contribution in [0.2, 0.25) is 0 Å². The Morgan fingerprint density at radius 1 is 1.17 bits per heavy atom. The Morgan fingerprint density at radius 2 is 1.88 bits per heavy atom. The fraction of sp³-hybridized carbons (Fsp3) is 0.250. The topological polar surface area (TPSA) is 89.8 Å². The molecular weight excluding hydrogens is 332 g/mol. The number of nitro groups is 1. The molecule has 0 bridgehead atoms. The van der Waals surface area contributed by atoms with Crippen LogP contribution in [0.1, 0.15) is 5.56 Å². The molecular formula is C16H18N2O5S. The fourth-order valence-corrected chi connectivity index (χ4v) is 3.64. The summed E-state index contributed by atoms with van der Waals surface area (Å²) in [5.41, 5.74) is 0.653. The Labute approximate surface area is 140 Å². The third-order valence-electron chi connectivity index (χ3n) is 3.48. The molecule has 2 aromatic carbocycles. The van der Waals surface area contributed by atoms with Gasteiger partial charge in [-0.15, -0.1) is 0 Å². The molecule has 0 saturated carbocycles. The zero-order valence-corrected chi connectivity index (χ0v) is 14.4. The molecule has 0 atom stereocenters. The Hall–Kier alpha value is -2.61. The third kappa shape index (κ3) is 3.83. The van der Waals surface area contributed by atoms with Crippen LogP contribution in [0.4, 0.5) is 11.4 Å². The summed E-state index contributed by atoms with van der Waals surface area (Å²) >= 11 is 0. The van der Waals surface area contributed by atoms with Gasteiger partial charge in [0, 0.05) is 20.2 Å². The summed E-state index contributed by atoms with van der Waals surface area (Å²) in [6.45, 7) is 0. The Bertz CT molecular complexity index is 863. The van der Waals surface area contributed by atoms with Gasteiger partial charge in [-0.25, -0.2) is 8.42 Å². The number of methoxy groups -OCH3 is 1. The number of hydrogen-bond acceptors (Lipinski definition) is 6. The van der Waals surface area contributed by atoms with E-state index in [0.29, 0.717) is 17.0 Å². The maximum absolute atomic E-state index is 12.6. The first-order valence-electron chi connectivity index (χ1n) is 7.06. The highest BCUT2D eigenvalue weighted by molar-refractivity contribution is 7.90. The minimum atomic E-state index is -3.72. The Morgan fingerprint density at radius 3 is 2.46 bits per heavy atom. The molecule has 0 aliphatic rings. The van der Waals surface area contributed by atoms with E-state index in [1.165, 1.54) is 19.2 Å². The second-order valence-electron chi connectivity index (χ2n) is 5.41. The summed E-state index contributed by atoms with van der Waals surface area (Å²) in [7, 11) is 1.10. The van der Waals surface area contributed by atoms with Crippen LogP contribution in [0.25, 0.3) is 0 Å². The molecule has 0 aliphatic carbocycles. The summed E-state index contributed by atoms with van der Waals surface area (Å²) < 4.78 is 30.2. The number of nitrogens with zero attached hydrogens (tertiary/aromatic N) is 2. The average Bonchev–Trinajstić information content (AvgIpc) is 2.53. The molecule has 0 spiro atoms. The molecule has 0 amide bonds. The first kappa shape index (κ1) is 17.7. The van der Waals surface area contributed by atoms with Gasteiger partial charge in [-0.2, -0.15) is 0 Å². The molecule has 2 aromatic rings. The van der Waals surface area contributed by atoms with E-state index < -0.39 is 14.8 Å². The van der Waals surface area contributed by atoms with E-state index >= 15 is 0 Å². The highest BCUT2D eigenvalue weighted by Gasteiger charge is 2.22. The lowest BCUT2D eigenvalue weighted by Crippen LogP contribution is -2.12. The number of sulfone groups is 1. The van der Waals surface area contributed by atoms with E-state index in [2.05, 4.69) is 0 Å². The van der Waals surface area contributed by atoms with Gasteiger partial charge < -0.3 is 9.64 Å². The van der Waals surface area contributed by atoms with E-state index in [1.807, 2.05) is 0 Å². The van der Waals surface area contributed by atoms with E-state index in [4.69, 9.17) is 4.74 Å². The third-order valence-corrected chi connectivity index (χ3v) is 5.16. The van der Waals surface area contributed by atoms with Gasteiger partial charge in [0.05, 0.1) is 22.7 Å². The molecule has 24 heavy (non-hydrogen) atoms. The van der Waals surface area contributed by atoms with Gasteiger partial charge in [0.2, 0.25) is 0 Å². The largest absolute Gasteiger partial charge is 0.497 e. The Kier molecular flexibility index (Phi) is 5.08. The van der Waals surface area contributed by atoms with Gasteiger partial charge in [-0.3, -0.25) is 10.1 Å². The van der Waals surface area contributed by atoms with Crippen molar-refractivity contribution in [3.05, 3.63) is 58.1 Å². The van der Waals surface area contributed by atoms with Crippen LogP contribution in [0, 0.1) is 10.1 Å². The zero-order chi connectivity index (χ0) is 17.9. The molecule has 8 heteroatoms. The minimum absolute atomic E-state index is 0.0809. The van der Waals surface area contributed by atoms with Crippen molar-refractivity contribution in [3.63, 3.8) is 0 Å². The van der Waals surface area contributed by atoms with Gasteiger partial charge in [-0.1, -0.05) is 12.1 Å². The molecule has 0 aromatic heterocycles. The second kappa shape index (κ2) is 6.88. The SMILES string of the molecule is COc1cccc(CS(=O)(=O)c2ccc(N(C)C)c([N+](=O)[O-])c2)c1. The van der Waals surface area contributed by atoms with Crippen molar-refractivity contribution in [2.45, 2.75) is 10.6 Å². The van der Waals surface area contributed by atoms with Crippen LogP contribution in [-0.4, -0.2) is 34.5 Å². The van der Waals surface area contributed by atoms with Crippen LogP contribution in [-0.2, 0) is 15.6 Å². The lowest BCUT2D eigenvalue weighted by atomic mass is 10.2. The molecule has 128 valence electrons. The van der Waals surface area contributed by atoms with Crippen molar-refractivity contribution in [1.29, 1.82) is 0 Å². The predicted molar refractivity (Wildman–Crippen MR) is 91.3 cm³/mol. The molecule has 0 radical (unpaired) electrons. The van der Waals surface area contributed by atoms with Crippen LogP contribution >= 0.6 is 0 Å². The highest BCUT2D eigenvalue weighted by atomic mass is 32.2. The van der Waals surface area contributed by atoms with Crippen LogP contribution in [0.3, 0.4) is 0 Å². The van der Waals surface area contributed by atoms with Gasteiger partial charge >= 0.3 is 0 Å². The lowest BCUT2D eigenvalue weighted by molar-refractivity contribution is -0.384. The highest BCUT2D eigenvalue weighted by Crippen LogP contribution is 2.30. The van der Waals surface area contributed by atoms with Crippen LogP contribution in [0.15, 0.2) is 47.4 Å². The number of benzene rings is 2. The average molecular weight is 350 g/mol. The number of nitro benzene ring substituents is 1. The molecule has 0 saturated heterocycles. The quantitative estimate of drug-likeness (QED) is 0.588. The van der Waals surface area contributed by atoms with E-state index in [1.54, 1.807) is 43.3 Å². The summed E-state index contributed by atoms with van der Waals surface area (Å²) in [6, 6.07) is 10.6. The number of anilines is 1. The summed E-state index contributed by atoms with van der Waals surface area (Å²) in [4.78, 5) is 12.1. The molecule has 0 N–H and O–H groups in total. The predicted octanol–water partition coefficient (Wildman–Crippen LogP) is 2.64. The zero-order valence-electron chi connectivity index (χ0n) is 13.6. The molecule has 7 nitrogen and oxygen atoms in total. The van der Waals surface area contributed by atoms with Crippen molar-refractivity contribution in [1.82, 2.24) is 0 Å². The van der Waals surface area contributed by atoms with Crippen molar-refractivity contribution in [2.24, 2.45) is 0 Å². The van der Waals surface area contributed by atoms with Crippen molar-refractivity contribution < 1.29 is 18.1 Å². The van der Waals surface area contributed by atoms with Crippen molar-refractivity contribution in [3.8, 4) is 5.75 Å². The maximum atomic E-state index is 12.6. The normalized spacial score (nSPS) is 11.1.